The lowest BCUT2D eigenvalue weighted by Crippen LogP contribution is -2.51. The van der Waals surface area contributed by atoms with Crippen LogP contribution in [0.15, 0.2) is 36.5 Å². The monoisotopic (exact) mass is 460 g/mol. The van der Waals surface area contributed by atoms with Gasteiger partial charge < -0.3 is 20.1 Å². The molecular formula is C24H33ClN4O3. The number of carbonyl (C=O) groups is 1. The van der Waals surface area contributed by atoms with E-state index in [1.54, 1.807) is 7.11 Å². The maximum atomic E-state index is 13.2. The molecule has 32 heavy (non-hydrogen) atoms. The third-order valence-electron chi connectivity index (χ3n) is 7.37. The second-order valence-electron chi connectivity index (χ2n) is 9.15. The molecule has 1 saturated carbocycles. The Bertz CT molecular complexity index is 927. The van der Waals surface area contributed by atoms with Crippen molar-refractivity contribution in [1.29, 1.82) is 0 Å². The van der Waals surface area contributed by atoms with Crippen molar-refractivity contribution in [1.82, 2.24) is 14.7 Å². The van der Waals surface area contributed by atoms with Crippen LogP contribution in [-0.2, 0) is 26.3 Å². The van der Waals surface area contributed by atoms with Gasteiger partial charge in [-0.05, 0) is 56.2 Å². The summed E-state index contributed by atoms with van der Waals surface area (Å²) in [4.78, 5) is 15.2. The number of para-hydroxylation sites is 1. The molecule has 2 fully saturated rings. The largest absolute Gasteiger partial charge is 0.380 e. The lowest BCUT2D eigenvalue weighted by atomic mass is 9.81. The smallest absolute Gasteiger partial charge is 0.225 e. The van der Waals surface area contributed by atoms with Gasteiger partial charge in [0.2, 0.25) is 5.91 Å². The first-order valence-corrected chi connectivity index (χ1v) is 11.5. The van der Waals surface area contributed by atoms with Gasteiger partial charge >= 0.3 is 0 Å². The highest BCUT2D eigenvalue weighted by Crippen LogP contribution is 2.41. The first-order valence-electron chi connectivity index (χ1n) is 11.5. The molecule has 7 nitrogen and oxygen atoms in total. The molecule has 5 rings (SSSR count). The van der Waals surface area contributed by atoms with Crippen LogP contribution in [-0.4, -0.2) is 59.5 Å². The zero-order chi connectivity index (χ0) is 21.4. The van der Waals surface area contributed by atoms with Crippen LogP contribution >= 0.6 is 12.4 Å². The second-order valence-corrected chi connectivity index (χ2v) is 9.15. The number of fused-ring (bicyclic) bond motifs is 2. The lowest BCUT2D eigenvalue weighted by molar-refractivity contribution is -0.147. The van der Waals surface area contributed by atoms with E-state index in [4.69, 9.17) is 20.3 Å². The number of amides is 1. The molecule has 0 unspecified atom stereocenters. The van der Waals surface area contributed by atoms with Crippen molar-refractivity contribution in [2.75, 3.05) is 26.8 Å². The fourth-order valence-electron chi connectivity index (χ4n) is 5.49. The number of benzene rings is 1. The quantitative estimate of drug-likeness (QED) is 0.761. The summed E-state index contributed by atoms with van der Waals surface area (Å²) in [6.07, 6.45) is 7.00. The Balaban J connectivity index is 0.00000245. The molecule has 3 aliphatic rings. The number of methoxy groups -OCH3 is 1. The number of nitrogens with zero attached hydrogens (tertiary/aromatic N) is 3. The standard InChI is InChI=1S/C24H32N4O3.ClH/c1-30-21-15-17(7-8-20(21)25)23(29)27-12-10-24(11-13-27)22-18(9-14-31-24)16-28(26-22)19-5-3-2-4-6-19;/h2-6,16-17,20-21H,7-15,25H2,1H3;1H/t17-,20-,21-;/m0./s1. The molecule has 1 aliphatic carbocycles. The highest BCUT2D eigenvalue weighted by molar-refractivity contribution is 5.85. The van der Waals surface area contributed by atoms with Crippen molar-refractivity contribution in [2.45, 2.75) is 56.3 Å². The van der Waals surface area contributed by atoms with Crippen LogP contribution in [0.5, 0.6) is 0 Å². The molecule has 2 N–H and O–H groups in total. The SMILES string of the molecule is CO[C@H]1C[C@@H](C(=O)N2CCC3(CC2)OCCc2cn(-c4ccccc4)nc23)CC[C@@H]1N.Cl. The van der Waals surface area contributed by atoms with E-state index < -0.39 is 0 Å². The van der Waals surface area contributed by atoms with Crippen molar-refractivity contribution in [2.24, 2.45) is 11.7 Å². The Hall–Kier alpha value is -1.93. The van der Waals surface area contributed by atoms with Crippen LogP contribution in [0.2, 0.25) is 0 Å². The third-order valence-corrected chi connectivity index (χ3v) is 7.37. The lowest BCUT2D eigenvalue weighted by Gasteiger charge is -2.44. The molecule has 1 aromatic carbocycles. The highest BCUT2D eigenvalue weighted by Gasteiger charge is 2.45. The number of likely N-dealkylation sites (tertiary alicyclic amines) is 1. The molecule has 1 amide bonds. The Morgan fingerprint density at radius 3 is 2.69 bits per heavy atom. The predicted octanol–water partition coefficient (Wildman–Crippen LogP) is 2.83. The number of nitrogens with two attached hydrogens (primary N) is 1. The van der Waals surface area contributed by atoms with E-state index in [0.29, 0.717) is 19.7 Å². The van der Waals surface area contributed by atoms with Gasteiger partial charge in [-0.3, -0.25) is 4.79 Å². The van der Waals surface area contributed by atoms with Crippen LogP contribution < -0.4 is 5.73 Å². The summed E-state index contributed by atoms with van der Waals surface area (Å²) >= 11 is 0. The van der Waals surface area contributed by atoms with E-state index in [2.05, 4.69) is 18.3 Å². The maximum absolute atomic E-state index is 13.2. The van der Waals surface area contributed by atoms with Crippen LogP contribution in [0.25, 0.3) is 5.69 Å². The maximum Gasteiger partial charge on any atom is 0.225 e. The van der Waals surface area contributed by atoms with E-state index in [9.17, 15) is 4.79 Å². The van der Waals surface area contributed by atoms with Gasteiger partial charge in [-0.25, -0.2) is 4.68 Å². The molecular weight excluding hydrogens is 428 g/mol. The fraction of sp³-hybridized carbons (Fsp3) is 0.583. The Kier molecular flexibility index (Phi) is 6.91. The Morgan fingerprint density at radius 1 is 1.22 bits per heavy atom. The minimum Gasteiger partial charge on any atom is -0.380 e. The van der Waals surface area contributed by atoms with E-state index >= 15 is 0 Å². The summed E-state index contributed by atoms with van der Waals surface area (Å²) in [5, 5.41) is 4.94. The molecule has 0 radical (unpaired) electrons. The Morgan fingerprint density at radius 2 is 1.97 bits per heavy atom. The van der Waals surface area contributed by atoms with Crippen LogP contribution in [0.4, 0.5) is 0 Å². The molecule has 2 aromatic rings. The molecule has 8 heteroatoms. The molecule has 0 bridgehead atoms. The van der Waals surface area contributed by atoms with Crippen molar-refractivity contribution >= 4 is 18.3 Å². The first-order chi connectivity index (χ1) is 15.1. The summed E-state index contributed by atoms with van der Waals surface area (Å²) in [6.45, 7) is 2.12. The fourth-order valence-corrected chi connectivity index (χ4v) is 5.49. The van der Waals surface area contributed by atoms with E-state index in [-0.39, 0.29) is 42.0 Å². The van der Waals surface area contributed by atoms with Crippen LogP contribution in [0.1, 0.15) is 43.4 Å². The van der Waals surface area contributed by atoms with Gasteiger partial charge in [0.1, 0.15) is 5.60 Å². The van der Waals surface area contributed by atoms with E-state index in [0.717, 1.165) is 49.9 Å². The van der Waals surface area contributed by atoms with Gasteiger partial charge in [0.25, 0.3) is 0 Å². The number of rotatable bonds is 3. The van der Waals surface area contributed by atoms with Gasteiger partial charge in [0.15, 0.2) is 0 Å². The number of halogens is 1. The van der Waals surface area contributed by atoms with Gasteiger partial charge in [-0.2, -0.15) is 5.10 Å². The van der Waals surface area contributed by atoms with Gasteiger partial charge in [-0.15, -0.1) is 12.4 Å². The topological polar surface area (TPSA) is 82.6 Å². The molecule has 1 spiro atoms. The number of piperidine rings is 1. The molecule has 2 aliphatic heterocycles. The zero-order valence-electron chi connectivity index (χ0n) is 18.6. The second kappa shape index (κ2) is 9.51. The van der Waals surface area contributed by atoms with E-state index in [1.165, 1.54) is 5.56 Å². The molecule has 1 aromatic heterocycles. The normalized spacial score (nSPS) is 26.9. The number of hydrogen-bond donors (Lipinski definition) is 1. The van der Waals surface area contributed by atoms with Crippen LogP contribution in [0, 0.1) is 5.92 Å². The van der Waals surface area contributed by atoms with Gasteiger partial charge in [0, 0.05) is 38.4 Å². The van der Waals surface area contributed by atoms with E-state index in [1.807, 2.05) is 27.8 Å². The molecule has 3 atom stereocenters. The highest BCUT2D eigenvalue weighted by atomic mass is 35.5. The number of aromatic nitrogens is 2. The minimum atomic E-state index is -0.381. The van der Waals surface area contributed by atoms with Crippen molar-refractivity contribution < 1.29 is 14.3 Å². The number of ether oxygens (including phenoxy) is 2. The third kappa shape index (κ3) is 4.19. The molecule has 1 saturated heterocycles. The molecule has 174 valence electrons. The van der Waals surface area contributed by atoms with Gasteiger partial charge in [-0.1, -0.05) is 18.2 Å². The Labute approximate surface area is 195 Å². The first kappa shape index (κ1) is 23.2. The summed E-state index contributed by atoms with van der Waals surface area (Å²) in [5.41, 5.74) is 9.13. The van der Waals surface area contributed by atoms with Crippen molar-refractivity contribution in [3.8, 4) is 5.69 Å². The summed E-state index contributed by atoms with van der Waals surface area (Å²) in [7, 11) is 1.69. The summed E-state index contributed by atoms with van der Waals surface area (Å²) in [6, 6.07) is 10.2. The van der Waals surface area contributed by atoms with Crippen LogP contribution in [0.3, 0.4) is 0 Å². The number of hydrogen-bond acceptors (Lipinski definition) is 5. The average Bonchev–Trinajstić information content (AvgIpc) is 3.26. The predicted molar refractivity (Wildman–Crippen MR) is 124 cm³/mol. The van der Waals surface area contributed by atoms with Gasteiger partial charge in [0.05, 0.1) is 24.1 Å². The summed E-state index contributed by atoms with van der Waals surface area (Å²) < 4.78 is 13.8. The number of carbonyl (C=O) groups excluding carboxylic acids is 1. The molecule has 3 heterocycles. The summed E-state index contributed by atoms with van der Waals surface area (Å²) in [5.74, 6) is 0.258. The van der Waals surface area contributed by atoms with Crippen molar-refractivity contribution in [3.05, 3.63) is 47.8 Å². The zero-order valence-corrected chi connectivity index (χ0v) is 19.4. The minimum absolute atomic E-state index is 0. The van der Waals surface area contributed by atoms with Crippen molar-refractivity contribution in [3.63, 3.8) is 0 Å². The average molecular weight is 461 g/mol.